The number of hydrogen-bond acceptors (Lipinski definition) is 6. The topological polar surface area (TPSA) is 69.2 Å². The summed E-state index contributed by atoms with van der Waals surface area (Å²) in [6, 6.07) is 0. The molecule has 31 heavy (non-hydrogen) atoms. The first-order valence-electron chi connectivity index (χ1n) is 11.2. The van der Waals surface area contributed by atoms with E-state index in [-0.39, 0.29) is 16.2 Å². The highest BCUT2D eigenvalue weighted by atomic mass is 32.2. The molecule has 2 aromatic heterocycles. The van der Waals surface area contributed by atoms with E-state index in [4.69, 9.17) is 4.43 Å². The molecular formula is C23H38N2O3S2Si. The molecule has 2 aromatic rings. The van der Waals surface area contributed by atoms with Crippen molar-refractivity contribution in [2.24, 2.45) is 5.92 Å². The molecule has 1 saturated carbocycles. The number of nitrogens with zero attached hydrogens (tertiary/aromatic N) is 2. The Hall–Kier alpha value is -0.833. The molecule has 0 amide bonds. The average Bonchev–Trinajstić information content (AvgIpc) is 3.22. The van der Waals surface area contributed by atoms with Crippen molar-refractivity contribution in [2.75, 3.05) is 0 Å². The Morgan fingerprint density at radius 3 is 2.32 bits per heavy atom. The molecule has 3 rings (SSSR count). The molecule has 5 nitrogen and oxygen atoms in total. The van der Waals surface area contributed by atoms with Gasteiger partial charge in [-0.05, 0) is 74.5 Å². The van der Waals surface area contributed by atoms with Gasteiger partial charge in [0.15, 0.2) is 13.3 Å². The van der Waals surface area contributed by atoms with Crippen LogP contribution in [0.1, 0.15) is 79.2 Å². The van der Waals surface area contributed by atoms with Crippen molar-refractivity contribution in [2.45, 2.75) is 108 Å². The van der Waals surface area contributed by atoms with Crippen LogP contribution in [-0.4, -0.2) is 37.6 Å². The van der Waals surface area contributed by atoms with Gasteiger partial charge in [-0.25, -0.2) is 18.4 Å². The van der Waals surface area contributed by atoms with Crippen molar-refractivity contribution in [3.8, 4) is 0 Å². The minimum absolute atomic E-state index is 0.167. The van der Waals surface area contributed by atoms with E-state index in [2.05, 4.69) is 56.1 Å². The zero-order chi connectivity index (χ0) is 23.4. The van der Waals surface area contributed by atoms with Gasteiger partial charge in [-0.3, -0.25) is 0 Å². The van der Waals surface area contributed by atoms with E-state index >= 15 is 0 Å². The standard InChI is InChI=1S/C23H38N2O3S2Si/c1-10-15-11-16(12-18(15)28-31(8,9)23(5,6)7)17-13-29-20-19(17)24-14-25-21(20)30(26,27)22(2,3)4/h13-16,18H,10-12H2,1-9H3/t15-,16-,18+/m1/s1. The summed E-state index contributed by atoms with van der Waals surface area (Å²) >= 11 is 1.46. The lowest BCUT2D eigenvalue weighted by Gasteiger charge is -2.39. The first-order valence-corrected chi connectivity index (χ1v) is 16.5. The normalized spacial score (nSPS) is 23.6. The molecule has 8 heteroatoms. The fourth-order valence-electron chi connectivity index (χ4n) is 4.09. The van der Waals surface area contributed by atoms with E-state index in [0.717, 1.165) is 30.3 Å². The molecule has 2 heterocycles. The number of aromatic nitrogens is 2. The second kappa shape index (κ2) is 8.19. The SMILES string of the molecule is CC[C@@H]1C[C@@H](c2csc3c(S(=O)(=O)C(C)(C)C)ncnc23)C[C@@H]1O[Si](C)(C)C(C)(C)C. The van der Waals surface area contributed by atoms with Crippen LogP contribution in [0.3, 0.4) is 0 Å². The van der Waals surface area contributed by atoms with E-state index in [1.807, 2.05) is 0 Å². The van der Waals surface area contributed by atoms with Crippen LogP contribution in [0, 0.1) is 5.92 Å². The van der Waals surface area contributed by atoms with Crippen LogP contribution in [0.15, 0.2) is 16.7 Å². The Kier molecular flexibility index (Phi) is 6.55. The largest absolute Gasteiger partial charge is 0.414 e. The number of fused-ring (bicyclic) bond motifs is 1. The predicted octanol–water partition coefficient (Wildman–Crippen LogP) is 6.56. The number of thiophene rings is 1. The smallest absolute Gasteiger partial charge is 0.202 e. The maximum absolute atomic E-state index is 13.1. The minimum atomic E-state index is -3.54. The van der Waals surface area contributed by atoms with Crippen LogP contribution >= 0.6 is 11.3 Å². The van der Waals surface area contributed by atoms with E-state index in [9.17, 15) is 8.42 Å². The Balaban J connectivity index is 1.96. The van der Waals surface area contributed by atoms with Gasteiger partial charge >= 0.3 is 0 Å². The first-order chi connectivity index (χ1) is 14.1. The molecule has 1 fully saturated rings. The number of rotatable bonds is 5. The monoisotopic (exact) mass is 482 g/mol. The molecule has 0 unspecified atom stereocenters. The highest BCUT2D eigenvalue weighted by molar-refractivity contribution is 7.93. The van der Waals surface area contributed by atoms with Crippen LogP contribution < -0.4 is 0 Å². The quantitative estimate of drug-likeness (QED) is 0.357. The van der Waals surface area contributed by atoms with Gasteiger partial charge in [0.05, 0.1) is 15.0 Å². The van der Waals surface area contributed by atoms with Crippen molar-refractivity contribution in [1.29, 1.82) is 0 Å². The van der Waals surface area contributed by atoms with Gasteiger partial charge in [0.25, 0.3) is 0 Å². The Labute approximate surface area is 193 Å². The molecule has 0 aliphatic heterocycles. The van der Waals surface area contributed by atoms with E-state index in [1.165, 1.54) is 17.7 Å². The Bertz CT molecular complexity index is 1050. The van der Waals surface area contributed by atoms with Crippen molar-refractivity contribution in [1.82, 2.24) is 9.97 Å². The van der Waals surface area contributed by atoms with Crippen molar-refractivity contribution < 1.29 is 12.8 Å². The summed E-state index contributed by atoms with van der Waals surface area (Å²) < 4.78 is 32.8. The fourth-order valence-corrected chi connectivity index (χ4v) is 8.05. The lowest BCUT2D eigenvalue weighted by Crippen LogP contribution is -2.44. The molecule has 0 bridgehead atoms. The lowest BCUT2D eigenvalue weighted by molar-refractivity contribution is 0.138. The van der Waals surface area contributed by atoms with Crippen molar-refractivity contribution in [3.05, 3.63) is 17.3 Å². The molecule has 1 aliphatic rings. The van der Waals surface area contributed by atoms with Gasteiger partial charge in [0, 0.05) is 6.10 Å². The summed E-state index contributed by atoms with van der Waals surface area (Å²) in [6.07, 6.45) is 4.80. The highest BCUT2D eigenvalue weighted by Gasteiger charge is 2.44. The van der Waals surface area contributed by atoms with Crippen LogP contribution in [0.2, 0.25) is 18.1 Å². The zero-order valence-corrected chi connectivity index (χ0v) is 23.1. The van der Waals surface area contributed by atoms with Gasteiger partial charge in [-0.15, -0.1) is 11.3 Å². The zero-order valence-electron chi connectivity index (χ0n) is 20.4. The van der Waals surface area contributed by atoms with Crippen LogP contribution in [0.5, 0.6) is 0 Å². The molecule has 1 aliphatic carbocycles. The van der Waals surface area contributed by atoms with Gasteiger partial charge < -0.3 is 4.43 Å². The molecule has 0 aromatic carbocycles. The second-order valence-corrected chi connectivity index (χ2v) is 19.7. The second-order valence-electron chi connectivity index (χ2n) is 11.4. The summed E-state index contributed by atoms with van der Waals surface area (Å²) in [5.41, 5.74) is 1.96. The van der Waals surface area contributed by atoms with Gasteiger partial charge in [0.2, 0.25) is 9.84 Å². The average molecular weight is 483 g/mol. The minimum Gasteiger partial charge on any atom is -0.414 e. The third-order valence-electron chi connectivity index (χ3n) is 7.26. The maximum Gasteiger partial charge on any atom is 0.202 e. The van der Waals surface area contributed by atoms with E-state index < -0.39 is 22.9 Å². The third-order valence-corrected chi connectivity index (χ3v) is 15.3. The summed E-state index contributed by atoms with van der Waals surface area (Å²) in [4.78, 5) is 8.73. The van der Waals surface area contributed by atoms with E-state index in [0.29, 0.717) is 16.5 Å². The fraction of sp³-hybridized carbons (Fsp3) is 0.739. The third kappa shape index (κ3) is 4.50. The van der Waals surface area contributed by atoms with Gasteiger partial charge in [-0.2, -0.15) is 0 Å². The highest BCUT2D eigenvalue weighted by Crippen LogP contribution is 2.48. The van der Waals surface area contributed by atoms with Gasteiger partial charge in [-0.1, -0.05) is 34.1 Å². The van der Waals surface area contributed by atoms with Crippen molar-refractivity contribution >= 4 is 39.7 Å². The number of sulfone groups is 1. The summed E-state index contributed by atoms with van der Waals surface area (Å²) in [5, 5.41) is 2.45. The summed E-state index contributed by atoms with van der Waals surface area (Å²) in [5.74, 6) is 0.863. The van der Waals surface area contributed by atoms with Crippen LogP contribution in [-0.2, 0) is 14.3 Å². The maximum atomic E-state index is 13.1. The molecule has 0 radical (unpaired) electrons. The Morgan fingerprint density at radius 2 is 1.77 bits per heavy atom. The Morgan fingerprint density at radius 1 is 1.13 bits per heavy atom. The summed E-state index contributed by atoms with van der Waals surface area (Å²) in [7, 11) is -5.39. The first kappa shape index (κ1) is 24.8. The molecular weight excluding hydrogens is 444 g/mol. The van der Waals surface area contributed by atoms with Crippen molar-refractivity contribution in [3.63, 3.8) is 0 Å². The lowest BCUT2D eigenvalue weighted by atomic mass is 9.97. The van der Waals surface area contributed by atoms with E-state index in [1.54, 1.807) is 20.8 Å². The number of hydrogen-bond donors (Lipinski definition) is 0. The molecule has 0 saturated heterocycles. The summed E-state index contributed by atoms with van der Waals surface area (Å²) in [6.45, 7) is 18.9. The predicted molar refractivity (Wildman–Crippen MR) is 132 cm³/mol. The van der Waals surface area contributed by atoms with Gasteiger partial charge in [0.1, 0.15) is 6.33 Å². The van der Waals surface area contributed by atoms with Crippen LogP contribution in [0.25, 0.3) is 10.2 Å². The van der Waals surface area contributed by atoms with Crippen LogP contribution in [0.4, 0.5) is 0 Å². The molecule has 0 N–H and O–H groups in total. The molecule has 174 valence electrons. The molecule has 0 spiro atoms. The molecule has 3 atom stereocenters.